The molecule has 0 unspecified atom stereocenters. The van der Waals surface area contributed by atoms with Gasteiger partial charge in [0.05, 0.1) is 0 Å². The Labute approximate surface area is 139 Å². The molecule has 0 spiro atoms. The molecule has 0 aromatic rings. The highest BCUT2D eigenvalue weighted by atomic mass is 32.2. The largest absolute Gasteiger partial charge is 0.340 e. The van der Waals surface area contributed by atoms with Crippen molar-refractivity contribution in [1.29, 1.82) is 0 Å². The zero-order valence-corrected chi connectivity index (χ0v) is 15.0. The zero-order valence-electron chi connectivity index (χ0n) is 14.2. The summed E-state index contributed by atoms with van der Waals surface area (Å²) in [7, 11) is 0. The molecular formula is C17H30N2O2S. The van der Waals surface area contributed by atoms with Crippen molar-refractivity contribution in [2.45, 2.75) is 64.2 Å². The van der Waals surface area contributed by atoms with E-state index in [-0.39, 0.29) is 23.8 Å². The zero-order chi connectivity index (χ0) is 16.1. The molecule has 2 saturated heterocycles. The minimum absolute atomic E-state index is 0.154. The molecule has 0 N–H and O–H groups in total. The van der Waals surface area contributed by atoms with Gasteiger partial charge in [0.25, 0.3) is 0 Å². The maximum absolute atomic E-state index is 13.1. The molecule has 22 heavy (non-hydrogen) atoms. The molecule has 2 heterocycles. The summed E-state index contributed by atoms with van der Waals surface area (Å²) in [5, 5.41) is 0.554. The van der Waals surface area contributed by atoms with Crippen molar-refractivity contribution in [1.82, 2.24) is 9.80 Å². The van der Waals surface area contributed by atoms with Crippen LogP contribution in [0.25, 0.3) is 0 Å². The van der Waals surface area contributed by atoms with Gasteiger partial charge in [0.1, 0.15) is 6.04 Å². The summed E-state index contributed by atoms with van der Waals surface area (Å²) in [5.41, 5.74) is 0. The number of nitrogens with zero attached hydrogens (tertiary/aromatic N) is 2. The normalized spacial score (nSPS) is 24.7. The van der Waals surface area contributed by atoms with E-state index in [0.29, 0.717) is 11.7 Å². The van der Waals surface area contributed by atoms with Crippen molar-refractivity contribution >= 4 is 23.6 Å². The molecule has 4 nitrogen and oxygen atoms in total. The molecule has 0 aliphatic carbocycles. The second kappa shape index (κ2) is 8.23. The quantitative estimate of drug-likeness (QED) is 0.780. The molecule has 2 fully saturated rings. The van der Waals surface area contributed by atoms with Gasteiger partial charge in [-0.3, -0.25) is 9.59 Å². The molecule has 0 bridgehead atoms. The van der Waals surface area contributed by atoms with Crippen LogP contribution in [0.5, 0.6) is 0 Å². The summed E-state index contributed by atoms with van der Waals surface area (Å²) in [6.07, 6.45) is 4.99. The van der Waals surface area contributed by atoms with Crippen LogP contribution < -0.4 is 0 Å². The van der Waals surface area contributed by atoms with E-state index >= 15 is 0 Å². The van der Waals surface area contributed by atoms with Crippen LogP contribution in [0.15, 0.2) is 0 Å². The summed E-state index contributed by atoms with van der Waals surface area (Å²) in [5.74, 6) is 1.61. The molecule has 0 radical (unpaired) electrons. The molecule has 2 rings (SSSR count). The molecule has 2 aliphatic heterocycles. The second-order valence-corrected chi connectivity index (χ2v) is 8.31. The van der Waals surface area contributed by atoms with E-state index in [2.05, 4.69) is 20.8 Å². The monoisotopic (exact) mass is 326 g/mol. The first-order valence-corrected chi connectivity index (χ1v) is 9.79. The van der Waals surface area contributed by atoms with Gasteiger partial charge < -0.3 is 9.80 Å². The van der Waals surface area contributed by atoms with Gasteiger partial charge in [0, 0.05) is 31.3 Å². The average Bonchev–Trinajstić information content (AvgIpc) is 2.75. The maximum Gasteiger partial charge on any atom is 0.245 e. The van der Waals surface area contributed by atoms with Gasteiger partial charge in [-0.25, -0.2) is 0 Å². The third kappa shape index (κ3) is 4.18. The van der Waals surface area contributed by atoms with Gasteiger partial charge >= 0.3 is 0 Å². The number of carbonyl (C=O) groups excluding carboxylic acids is 2. The average molecular weight is 327 g/mol. The highest BCUT2D eigenvalue weighted by Gasteiger charge is 2.37. The van der Waals surface area contributed by atoms with Gasteiger partial charge in [-0.15, -0.1) is 0 Å². The third-order valence-electron chi connectivity index (χ3n) is 4.67. The van der Waals surface area contributed by atoms with Crippen LogP contribution in [0.1, 0.15) is 52.9 Å². The number of hydrogen-bond donors (Lipinski definition) is 0. The molecule has 5 heteroatoms. The third-order valence-corrected chi connectivity index (χ3v) is 5.86. The van der Waals surface area contributed by atoms with Crippen LogP contribution in [0.4, 0.5) is 0 Å². The van der Waals surface area contributed by atoms with E-state index in [1.165, 1.54) is 12.8 Å². The molecule has 0 saturated carbocycles. The lowest BCUT2D eigenvalue weighted by Crippen LogP contribution is -2.52. The van der Waals surface area contributed by atoms with Gasteiger partial charge in [-0.05, 0) is 30.9 Å². The summed E-state index contributed by atoms with van der Waals surface area (Å²) >= 11 is 1.97. The van der Waals surface area contributed by atoms with Gasteiger partial charge in [0.2, 0.25) is 11.8 Å². The smallest absolute Gasteiger partial charge is 0.245 e. The van der Waals surface area contributed by atoms with Crippen molar-refractivity contribution in [3.63, 3.8) is 0 Å². The van der Waals surface area contributed by atoms with Crippen molar-refractivity contribution in [3.8, 4) is 0 Å². The Bertz CT molecular complexity index is 400. The predicted molar refractivity (Wildman–Crippen MR) is 91.9 cm³/mol. The summed E-state index contributed by atoms with van der Waals surface area (Å²) in [6, 6.07) is -0.264. The standard InChI is InChI=1S/C17H30N2O2S/c1-4-22-14-8-5-6-10-18(12-14)17(21)16(13(2)3)19-11-7-9-15(19)20/h13-14,16H,4-12H2,1-3H3/t14-,16-/m0/s1. The van der Waals surface area contributed by atoms with E-state index in [0.717, 1.165) is 38.2 Å². The van der Waals surface area contributed by atoms with E-state index in [4.69, 9.17) is 0 Å². The first-order valence-electron chi connectivity index (χ1n) is 8.74. The van der Waals surface area contributed by atoms with Gasteiger partial charge in [-0.2, -0.15) is 11.8 Å². The highest BCUT2D eigenvalue weighted by Crippen LogP contribution is 2.25. The Kier molecular flexibility index (Phi) is 6.60. The van der Waals surface area contributed by atoms with Crippen LogP contribution in [0.3, 0.4) is 0 Å². The van der Waals surface area contributed by atoms with Crippen molar-refractivity contribution in [2.75, 3.05) is 25.4 Å². The van der Waals surface area contributed by atoms with Crippen LogP contribution in [-0.2, 0) is 9.59 Å². The van der Waals surface area contributed by atoms with Crippen LogP contribution in [0.2, 0.25) is 0 Å². The van der Waals surface area contributed by atoms with E-state index in [1.807, 2.05) is 21.6 Å². The lowest BCUT2D eigenvalue weighted by atomic mass is 10.0. The highest BCUT2D eigenvalue weighted by molar-refractivity contribution is 7.99. The minimum atomic E-state index is -0.264. The second-order valence-electron chi connectivity index (χ2n) is 6.74. The van der Waals surface area contributed by atoms with Crippen LogP contribution in [-0.4, -0.2) is 58.3 Å². The molecule has 2 amide bonds. The fourth-order valence-electron chi connectivity index (χ4n) is 3.60. The maximum atomic E-state index is 13.1. The summed E-state index contributed by atoms with van der Waals surface area (Å²) < 4.78 is 0. The van der Waals surface area contributed by atoms with Gasteiger partial charge in [0.15, 0.2) is 0 Å². The molecule has 0 aromatic heterocycles. The number of rotatable bonds is 5. The first kappa shape index (κ1) is 17.6. The topological polar surface area (TPSA) is 40.6 Å². The number of amides is 2. The number of likely N-dealkylation sites (tertiary alicyclic amines) is 2. The SMILES string of the molecule is CCS[C@H]1CCCCN(C(=O)[C@H](C(C)C)N2CCCC2=O)C1. The molecule has 2 atom stereocenters. The summed E-state index contributed by atoms with van der Waals surface area (Å²) in [4.78, 5) is 29.1. The lowest BCUT2D eigenvalue weighted by Gasteiger charge is -2.35. The van der Waals surface area contributed by atoms with Crippen LogP contribution >= 0.6 is 11.8 Å². The van der Waals surface area contributed by atoms with Crippen molar-refractivity contribution in [3.05, 3.63) is 0 Å². The lowest BCUT2D eigenvalue weighted by molar-refractivity contribution is -0.145. The Morgan fingerprint density at radius 2 is 2.05 bits per heavy atom. The predicted octanol–water partition coefficient (Wildman–Crippen LogP) is 2.77. The number of hydrogen-bond acceptors (Lipinski definition) is 3. The van der Waals surface area contributed by atoms with Crippen LogP contribution in [0, 0.1) is 5.92 Å². The minimum Gasteiger partial charge on any atom is -0.340 e. The van der Waals surface area contributed by atoms with E-state index < -0.39 is 0 Å². The Morgan fingerprint density at radius 1 is 1.27 bits per heavy atom. The number of thioether (sulfide) groups is 1. The molecule has 126 valence electrons. The van der Waals surface area contributed by atoms with Gasteiger partial charge in [-0.1, -0.05) is 27.2 Å². The van der Waals surface area contributed by atoms with Crippen molar-refractivity contribution < 1.29 is 9.59 Å². The molecule has 2 aliphatic rings. The summed E-state index contributed by atoms with van der Waals surface area (Å²) in [6.45, 7) is 8.75. The van der Waals surface area contributed by atoms with Crippen molar-refractivity contribution in [2.24, 2.45) is 5.92 Å². The molecular weight excluding hydrogens is 296 g/mol. The first-order chi connectivity index (χ1) is 10.5. The fourth-order valence-corrected chi connectivity index (χ4v) is 4.69. The fraction of sp³-hybridized carbons (Fsp3) is 0.882. The molecule has 0 aromatic carbocycles. The Balaban J connectivity index is 2.09. The van der Waals surface area contributed by atoms with E-state index in [1.54, 1.807) is 0 Å². The Hall–Kier alpha value is -0.710. The Morgan fingerprint density at radius 3 is 2.64 bits per heavy atom. The van der Waals surface area contributed by atoms with E-state index in [9.17, 15) is 9.59 Å². The number of carbonyl (C=O) groups is 2.